The smallest absolute Gasteiger partial charge is 0.0202 e. The average Bonchev–Trinajstić information content (AvgIpc) is 2.44. The second kappa shape index (κ2) is 5.61. The molecule has 0 heteroatoms. The van der Waals surface area contributed by atoms with Crippen LogP contribution in [0.1, 0.15) is 48.9 Å². The molecule has 0 unspecified atom stereocenters. The van der Waals surface area contributed by atoms with Crippen molar-refractivity contribution in [3.05, 3.63) is 70.8 Å². The summed E-state index contributed by atoms with van der Waals surface area (Å²) in [5.41, 5.74) is 5.91. The lowest BCUT2D eigenvalue weighted by molar-refractivity contribution is 0.473. The van der Waals surface area contributed by atoms with Crippen molar-refractivity contribution in [2.24, 2.45) is 0 Å². The van der Waals surface area contributed by atoms with E-state index in [0.29, 0.717) is 0 Å². The summed E-state index contributed by atoms with van der Waals surface area (Å²) in [6.07, 6.45) is 2.28. The van der Waals surface area contributed by atoms with E-state index in [1.54, 1.807) is 0 Å². The van der Waals surface area contributed by atoms with Crippen molar-refractivity contribution in [2.75, 3.05) is 0 Å². The highest BCUT2D eigenvalue weighted by molar-refractivity contribution is 5.46. The molecule has 0 radical (unpaired) electrons. The fourth-order valence-corrected chi connectivity index (χ4v) is 3.38. The Hall–Kier alpha value is -1.56. The summed E-state index contributed by atoms with van der Waals surface area (Å²) in [4.78, 5) is 0. The SMILES string of the molecule is CCC(CC)(c1ccccc1C)c1ccccc1C. The van der Waals surface area contributed by atoms with Gasteiger partial charge in [0.15, 0.2) is 0 Å². The summed E-state index contributed by atoms with van der Waals surface area (Å²) in [5.74, 6) is 0. The van der Waals surface area contributed by atoms with Crippen LogP contribution in [0.2, 0.25) is 0 Å². The van der Waals surface area contributed by atoms with Crippen LogP contribution in [0.4, 0.5) is 0 Å². The van der Waals surface area contributed by atoms with Gasteiger partial charge in [-0.05, 0) is 48.9 Å². The third-order valence-electron chi connectivity index (χ3n) is 4.53. The van der Waals surface area contributed by atoms with Crippen LogP contribution in [0.3, 0.4) is 0 Å². The van der Waals surface area contributed by atoms with E-state index in [1.165, 1.54) is 22.3 Å². The Balaban J connectivity index is 2.69. The van der Waals surface area contributed by atoms with E-state index in [9.17, 15) is 0 Å². The van der Waals surface area contributed by atoms with Crippen molar-refractivity contribution >= 4 is 0 Å². The minimum absolute atomic E-state index is 0.149. The zero-order chi connectivity index (χ0) is 13.9. The van der Waals surface area contributed by atoms with Crippen LogP contribution in [-0.2, 0) is 5.41 Å². The maximum absolute atomic E-state index is 2.31. The van der Waals surface area contributed by atoms with Crippen LogP contribution in [0.25, 0.3) is 0 Å². The summed E-state index contributed by atoms with van der Waals surface area (Å²) in [7, 11) is 0. The van der Waals surface area contributed by atoms with Crippen molar-refractivity contribution in [1.29, 1.82) is 0 Å². The fourth-order valence-electron chi connectivity index (χ4n) is 3.38. The van der Waals surface area contributed by atoms with Crippen molar-refractivity contribution in [2.45, 2.75) is 46.0 Å². The number of benzene rings is 2. The predicted octanol–water partition coefficient (Wildman–Crippen LogP) is 5.41. The summed E-state index contributed by atoms with van der Waals surface area (Å²) < 4.78 is 0. The van der Waals surface area contributed by atoms with E-state index in [4.69, 9.17) is 0 Å². The molecule has 0 fully saturated rings. The van der Waals surface area contributed by atoms with Gasteiger partial charge in [-0.1, -0.05) is 62.4 Å². The maximum Gasteiger partial charge on any atom is 0.0202 e. The zero-order valence-corrected chi connectivity index (χ0v) is 12.5. The van der Waals surface area contributed by atoms with E-state index in [1.807, 2.05) is 0 Å². The third-order valence-corrected chi connectivity index (χ3v) is 4.53. The number of hydrogen-bond donors (Lipinski definition) is 0. The van der Waals surface area contributed by atoms with Gasteiger partial charge < -0.3 is 0 Å². The molecule has 0 bridgehead atoms. The van der Waals surface area contributed by atoms with Crippen molar-refractivity contribution < 1.29 is 0 Å². The van der Waals surface area contributed by atoms with Crippen molar-refractivity contribution in [1.82, 2.24) is 0 Å². The van der Waals surface area contributed by atoms with Gasteiger partial charge >= 0.3 is 0 Å². The topological polar surface area (TPSA) is 0 Å². The Bertz CT molecular complexity index is 500. The largest absolute Gasteiger partial charge is 0.0642 e. The van der Waals surface area contributed by atoms with Crippen LogP contribution < -0.4 is 0 Å². The lowest BCUT2D eigenvalue weighted by atomic mass is 9.68. The van der Waals surface area contributed by atoms with Gasteiger partial charge in [-0.15, -0.1) is 0 Å². The van der Waals surface area contributed by atoms with E-state index >= 15 is 0 Å². The van der Waals surface area contributed by atoms with Crippen LogP contribution >= 0.6 is 0 Å². The monoisotopic (exact) mass is 252 g/mol. The summed E-state index contributed by atoms with van der Waals surface area (Å²) in [6.45, 7) is 9.08. The summed E-state index contributed by atoms with van der Waals surface area (Å²) in [5, 5.41) is 0. The first-order valence-electron chi connectivity index (χ1n) is 7.28. The first-order valence-corrected chi connectivity index (χ1v) is 7.28. The molecule has 2 aromatic carbocycles. The highest BCUT2D eigenvalue weighted by Gasteiger charge is 2.32. The van der Waals surface area contributed by atoms with Gasteiger partial charge in [0.25, 0.3) is 0 Å². The molecular weight excluding hydrogens is 228 g/mol. The van der Waals surface area contributed by atoms with Gasteiger partial charge in [0.2, 0.25) is 0 Å². The second-order valence-electron chi connectivity index (χ2n) is 5.42. The minimum Gasteiger partial charge on any atom is -0.0642 e. The molecule has 2 rings (SSSR count). The second-order valence-corrected chi connectivity index (χ2v) is 5.42. The van der Waals surface area contributed by atoms with Gasteiger partial charge in [0, 0.05) is 5.41 Å². The lowest BCUT2D eigenvalue weighted by Crippen LogP contribution is -2.28. The van der Waals surface area contributed by atoms with E-state index in [-0.39, 0.29) is 5.41 Å². The molecule has 2 aromatic rings. The third kappa shape index (κ3) is 2.32. The van der Waals surface area contributed by atoms with Crippen molar-refractivity contribution in [3.8, 4) is 0 Å². The van der Waals surface area contributed by atoms with Gasteiger partial charge in [-0.3, -0.25) is 0 Å². The Kier molecular flexibility index (Phi) is 4.09. The first kappa shape index (κ1) is 13.9. The highest BCUT2D eigenvalue weighted by atomic mass is 14.4. The van der Waals surface area contributed by atoms with Crippen molar-refractivity contribution in [3.63, 3.8) is 0 Å². The Morgan fingerprint density at radius 3 is 1.37 bits per heavy atom. The molecule has 0 saturated heterocycles. The molecule has 0 aliphatic carbocycles. The van der Waals surface area contributed by atoms with E-state index < -0.39 is 0 Å². The molecule has 19 heavy (non-hydrogen) atoms. The molecule has 0 spiro atoms. The molecule has 0 N–H and O–H groups in total. The highest BCUT2D eigenvalue weighted by Crippen LogP contribution is 2.41. The van der Waals surface area contributed by atoms with E-state index in [2.05, 4.69) is 76.2 Å². The summed E-state index contributed by atoms with van der Waals surface area (Å²) >= 11 is 0. The minimum atomic E-state index is 0.149. The molecular formula is C19H24. The number of rotatable bonds is 4. The Morgan fingerprint density at radius 1 is 0.684 bits per heavy atom. The lowest BCUT2D eigenvalue weighted by Gasteiger charge is -2.35. The Morgan fingerprint density at radius 2 is 1.05 bits per heavy atom. The normalized spacial score (nSPS) is 11.6. The standard InChI is InChI=1S/C19H24/c1-5-19(6-2,17-13-9-7-11-15(17)3)18-14-10-8-12-16(18)4/h7-14H,5-6H2,1-4H3. The molecule has 0 nitrogen and oxygen atoms in total. The van der Waals surface area contributed by atoms with Gasteiger partial charge in [-0.25, -0.2) is 0 Å². The zero-order valence-electron chi connectivity index (χ0n) is 12.5. The number of hydrogen-bond acceptors (Lipinski definition) is 0. The quantitative estimate of drug-likeness (QED) is 0.682. The predicted molar refractivity (Wildman–Crippen MR) is 83.7 cm³/mol. The van der Waals surface area contributed by atoms with Crippen LogP contribution in [-0.4, -0.2) is 0 Å². The van der Waals surface area contributed by atoms with E-state index in [0.717, 1.165) is 12.8 Å². The molecule has 0 amide bonds. The van der Waals surface area contributed by atoms with Gasteiger partial charge in [-0.2, -0.15) is 0 Å². The molecule has 100 valence electrons. The van der Waals surface area contributed by atoms with Crippen LogP contribution in [0.15, 0.2) is 48.5 Å². The molecule has 0 saturated carbocycles. The van der Waals surface area contributed by atoms with Gasteiger partial charge in [0.1, 0.15) is 0 Å². The molecule has 0 aromatic heterocycles. The Labute approximate surface area is 117 Å². The fraction of sp³-hybridized carbons (Fsp3) is 0.368. The molecule has 0 heterocycles. The number of aryl methyl sites for hydroxylation is 2. The molecule has 0 aliphatic rings. The average molecular weight is 252 g/mol. The van der Waals surface area contributed by atoms with Crippen LogP contribution in [0, 0.1) is 13.8 Å². The maximum atomic E-state index is 2.31. The molecule has 0 aliphatic heterocycles. The van der Waals surface area contributed by atoms with Crippen LogP contribution in [0.5, 0.6) is 0 Å². The first-order chi connectivity index (χ1) is 9.15. The molecule has 0 atom stereocenters. The summed E-state index contributed by atoms with van der Waals surface area (Å²) in [6, 6.07) is 17.7. The van der Waals surface area contributed by atoms with Gasteiger partial charge in [0.05, 0.1) is 0 Å².